The van der Waals surface area contributed by atoms with Gasteiger partial charge in [-0.3, -0.25) is 4.79 Å². The minimum atomic E-state index is 0.107. The van der Waals surface area contributed by atoms with Crippen LogP contribution in [-0.4, -0.2) is 32.1 Å². The van der Waals surface area contributed by atoms with Crippen molar-refractivity contribution in [2.75, 3.05) is 31.1 Å². The molecule has 1 amide bonds. The molecule has 1 saturated heterocycles. The quantitative estimate of drug-likeness (QED) is 0.855. The van der Waals surface area contributed by atoms with Crippen molar-refractivity contribution in [1.29, 1.82) is 0 Å². The van der Waals surface area contributed by atoms with Gasteiger partial charge in [-0.1, -0.05) is 22.9 Å². The molecule has 0 radical (unpaired) electrons. The highest BCUT2D eigenvalue weighted by Gasteiger charge is 2.20. The third-order valence-electron chi connectivity index (χ3n) is 3.76. The van der Waals surface area contributed by atoms with Gasteiger partial charge in [0.2, 0.25) is 5.91 Å². The first-order valence-corrected chi connectivity index (χ1v) is 8.45. The molecule has 0 saturated carbocycles. The molecule has 21 heavy (non-hydrogen) atoms. The molecule has 0 aromatic heterocycles. The van der Waals surface area contributed by atoms with E-state index in [1.807, 2.05) is 6.07 Å². The lowest BCUT2D eigenvalue weighted by Gasteiger charge is -2.27. The highest BCUT2D eigenvalue weighted by atomic mass is 79.9. The lowest BCUT2D eigenvalue weighted by molar-refractivity contribution is -0.119. The maximum Gasteiger partial charge on any atom is 0.239 e. The Labute approximate surface area is 135 Å². The van der Waals surface area contributed by atoms with E-state index in [-0.39, 0.29) is 11.9 Å². The number of hydrogen-bond donors (Lipinski definition) is 2. The summed E-state index contributed by atoms with van der Waals surface area (Å²) in [4.78, 5) is 14.0. The summed E-state index contributed by atoms with van der Waals surface area (Å²) in [5.74, 6) is 0.107. The maximum absolute atomic E-state index is 11.8. The van der Waals surface area contributed by atoms with Crippen molar-refractivity contribution in [3.63, 3.8) is 0 Å². The van der Waals surface area contributed by atoms with E-state index in [4.69, 9.17) is 0 Å². The second-order valence-corrected chi connectivity index (χ2v) is 6.42. The number of nitrogens with one attached hydrogen (secondary N) is 2. The molecule has 0 spiro atoms. The number of halogens is 1. The Morgan fingerprint density at radius 3 is 3.05 bits per heavy atom. The molecule has 1 aliphatic heterocycles. The number of carbonyl (C=O) groups is 1. The second-order valence-electron chi connectivity index (χ2n) is 5.50. The van der Waals surface area contributed by atoms with Crippen molar-refractivity contribution in [2.24, 2.45) is 0 Å². The Morgan fingerprint density at radius 1 is 1.48 bits per heavy atom. The van der Waals surface area contributed by atoms with E-state index >= 15 is 0 Å². The molecule has 1 fully saturated rings. The number of rotatable bonds is 5. The Balaban J connectivity index is 2.26. The summed E-state index contributed by atoms with van der Waals surface area (Å²) in [5.41, 5.74) is 2.40. The van der Waals surface area contributed by atoms with E-state index < -0.39 is 0 Å². The summed E-state index contributed by atoms with van der Waals surface area (Å²) in [6.07, 6.45) is 2.10. The molecule has 1 aliphatic rings. The predicted octanol–water partition coefficient (Wildman–Crippen LogP) is 2.84. The van der Waals surface area contributed by atoms with Crippen LogP contribution in [0.15, 0.2) is 22.7 Å². The maximum atomic E-state index is 11.8. The molecule has 5 heteroatoms. The normalized spacial score (nSPS) is 17.3. The van der Waals surface area contributed by atoms with Crippen molar-refractivity contribution < 1.29 is 4.79 Å². The van der Waals surface area contributed by atoms with Crippen LogP contribution in [0.3, 0.4) is 0 Å². The number of carbonyl (C=O) groups excluding carboxylic acids is 1. The van der Waals surface area contributed by atoms with Crippen molar-refractivity contribution in [2.45, 2.75) is 32.7 Å². The third kappa shape index (κ3) is 4.45. The first kappa shape index (κ1) is 16.3. The predicted molar refractivity (Wildman–Crippen MR) is 90.7 cm³/mol. The highest BCUT2D eigenvalue weighted by Crippen LogP contribution is 2.30. The second kappa shape index (κ2) is 7.80. The summed E-state index contributed by atoms with van der Waals surface area (Å²) in [6, 6.07) is 6.59. The number of nitrogens with zero attached hydrogens (tertiary/aromatic N) is 1. The third-order valence-corrected chi connectivity index (χ3v) is 4.25. The first-order valence-electron chi connectivity index (χ1n) is 7.66. The van der Waals surface area contributed by atoms with Gasteiger partial charge in [0, 0.05) is 29.3 Å². The van der Waals surface area contributed by atoms with Crippen molar-refractivity contribution in [3.05, 3.63) is 28.2 Å². The van der Waals surface area contributed by atoms with Crippen LogP contribution in [0.5, 0.6) is 0 Å². The summed E-state index contributed by atoms with van der Waals surface area (Å²) in [5, 5.41) is 6.47. The Morgan fingerprint density at radius 2 is 2.29 bits per heavy atom. The van der Waals surface area contributed by atoms with Crippen LogP contribution in [-0.2, 0) is 4.79 Å². The zero-order valence-electron chi connectivity index (χ0n) is 12.8. The molecule has 1 atom stereocenters. The van der Waals surface area contributed by atoms with Crippen LogP contribution in [0.2, 0.25) is 0 Å². The lowest BCUT2D eigenvalue weighted by atomic mass is 10.0. The van der Waals surface area contributed by atoms with E-state index in [1.54, 1.807) is 0 Å². The largest absolute Gasteiger partial charge is 0.362 e. The lowest BCUT2D eigenvalue weighted by Crippen LogP contribution is -2.34. The molecule has 0 aliphatic carbocycles. The van der Waals surface area contributed by atoms with Gasteiger partial charge in [-0.2, -0.15) is 0 Å². The SMILES string of the molecule is CCCNC(C)c1cc(Br)ccc1N1CCCNC(=O)C1. The summed E-state index contributed by atoms with van der Waals surface area (Å²) >= 11 is 3.56. The van der Waals surface area contributed by atoms with E-state index in [2.05, 4.69) is 57.4 Å². The van der Waals surface area contributed by atoms with Crippen molar-refractivity contribution in [3.8, 4) is 0 Å². The summed E-state index contributed by atoms with van der Waals surface area (Å²) < 4.78 is 1.07. The van der Waals surface area contributed by atoms with Crippen LogP contribution in [0, 0.1) is 0 Å². The number of benzene rings is 1. The van der Waals surface area contributed by atoms with Gasteiger partial charge in [-0.05, 0) is 50.1 Å². The molecule has 4 nitrogen and oxygen atoms in total. The molecule has 1 heterocycles. The fourth-order valence-corrected chi connectivity index (χ4v) is 3.02. The zero-order chi connectivity index (χ0) is 15.2. The molecule has 1 unspecified atom stereocenters. The Bertz CT molecular complexity index is 492. The van der Waals surface area contributed by atoms with E-state index in [1.165, 1.54) is 5.56 Å². The van der Waals surface area contributed by atoms with E-state index in [0.717, 1.165) is 42.6 Å². The van der Waals surface area contributed by atoms with Crippen LogP contribution in [0.4, 0.5) is 5.69 Å². The van der Waals surface area contributed by atoms with Crippen LogP contribution in [0.1, 0.15) is 38.3 Å². The molecule has 0 bridgehead atoms. The van der Waals surface area contributed by atoms with Crippen molar-refractivity contribution in [1.82, 2.24) is 10.6 Å². The monoisotopic (exact) mass is 353 g/mol. The Hall–Kier alpha value is -1.07. The Kier molecular flexibility index (Phi) is 6.06. The number of hydrogen-bond acceptors (Lipinski definition) is 3. The fourth-order valence-electron chi connectivity index (χ4n) is 2.64. The molecular formula is C16H24BrN3O. The smallest absolute Gasteiger partial charge is 0.239 e. The van der Waals surface area contributed by atoms with Gasteiger partial charge in [0.25, 0.3) is 0 Å². The summed E-state index contributed by atoms with van der Waals surface area (Å²) in [7, 11) is 0. The highest BCUT2D eigenvalue weighted by molar-refractivity contribution is 9.10. The molecule has 116 valence electrons. The number of amides is 1. The average molecular weight is 354 g/mol. The first-order chi connectivity index (χ1) is 10.1. The van der Waals surface area contributed by atoms with Crippen LogP contribution >= 0.6 is 15.9 Å². The van der Waals surface area contributed by atoms with Gasteiger partial charge in [-0.25, -0.2) is 0 Å². The van der Waals surface area contributed by atoms with Crippen LogP contribution in [0.25, 0.3) is 0 Å². The van der Waals surface area contributed by atoms with Gasteiger partial charge >= 0.3 is 0 Å². The zero-order valence-corrected chi connectivity index (χ0v) is 14.4. The van der Waals surface area contributed by atoms with Crippen LogP contribution < -0.4 is 15.5 Å². The summed E-state index contributed by atoms with van der Waals surface area (Å²) in [6.45, 7) is 7.46. The molecule has 1 aromatic carbocycles. The van der Waals surface area contributed by atoms with Gasteiger partial charge in [0.1, 0.15) is 0 Å². The molecule has 2 rings (SSSR count). The van der Waals surface area contributed by atoms with Gasteiger partial charge in [0.15, 0.2) is 0 Å². The van der Waals surface area contributed by atoms with E-state index in [0.29, 0.717) is 6.54 Å². The standard InChI is InChI=1S/C16H24BrN3O/c1-3-7-18-12(2)14-10-13(17)5-6-15(14)20-9-4-8-19-16(21)11-20/h5-6,10,12,18H,3-4,7-9,11H2,1-2H3,(H,19,21). The van der Waals surface area contributed by atoms with Crippen molar-refractivity contribution >= 4 is 27.5 Å². The minimum Gasteiger partial charge on any atom is -0.362 e. The topological polar surface area (TPSA) is 44.4 Å². The molecule has 1 aromatic rings. The van der Waals surface area contributed by atoms with Gasteiger partial charge in [0.05, 0.1) is 6.54 Å². The van der Waals surface area contributed by atoms with Gasteiger partial charge < -0.3 is 15.5 Å². The number of anilines is 1. The fraction of sp³-hybridized carbons (Fsp3) is 0.562. The average Bonchev–Trinajstić information content (AvgIpc) is 2.69. The molecular weight excluding hydrogens is 330 g/mol. The minimum absolute atomic E-state index is 0.107. The van der Waals surface area contributed by atoms with Gasteiger partial charge in [-0.15, -0.1) is 0 Å². The van der Waals surface area contributed by atoms with E-state index in [9.17, 15) is 4.79 Å². The molecule has 2 N–H and O–H groups in total.